The summed E-state index contributed by atoms with van der Waals surface area (Å²) >= 11 is 0. The fraction of sp³-hybridized carbons (Fsp3) is 0.522. The Morgan fingerprint density at radius 3 is 2.60 bits per heavy atom. The second-order valence-corrected chi connectivity index (χ2v) is 8.35. The van der Waals surface area contributed by atoms with Gasteiger partial charge in [-0.05, 0) is 44.7 Å². The Morgan fingerprint density at radius 2 is 1.93 bits per heavy atom. The molecule has 1 saturated carbocycles. The monoisotopic (exact) mass is 413 g/mol. The zero-order chi connectivity index (χ0) is 21.7. The van der Waals surface area contributed by atoms with Gasteiger partial charge in [0, 0.05) is 35.8 Å². The summed E-state index contributed by atoms with van der Waals surface area (Å²) < 4.78 is 5.21. The Bertz CT molecular complexity index is 912. The van der Waals surface area contributed by atoms with E-state index in [4.69, 9.17) is 4.74 Å². The van der Waals surface area contributed by atoms with Gasteiger partial charge in [0.1, 0.15) is 5.75 Å². The topological polar surface area (TPSA) is 91.5 Å². The van der Waals surface area contributed by atoms with E-state index in [-0.39, 0.29) is 18.5 Å². The molecule has 0 aliphatic heterocycles. The molecule has 1 aromatic heterocycles. The second-order valence-electron chi connectivity index (χ2n) is 8.35. The lowest BCUT2D eigenvalue weighted by Gasteiger charge is -2.29. The van der Waals surface area contributed by atoms with Crippen LogP contribution >= 0.6 is 0 Å². The fourth-order valence-electron chi connectivity index (χ4n) is 4.12. The summed E-state index contributed by atoms with van der Waals surface area (Å²) in [6.07, 6.45) is 7.06. The quantitative estimate of drug-likeness (QED) is 0.513. The Hall–Kier alpha value is -2.83. The predicted octanol–water partition coefficient (Wildman–Crippen LogP) is 3.29. The van der Waals surface area contributed by atoms with Crippen molar-refractivity contribution in [2.45, 2.75) is 52.0 Å². The molecular formula is C23H31N3O4. The number of hydrogen-bond donors (Lipinski definition) is 2. The molecular weight excluding hydrogens is 382 g/mol. The third-order valence-electron chi connectivity index (χ3n) is 5.60. The van der Waals surface area contributed by atoms with Crippen molar-refractivity contribution in [3.63, 3.8) is 0 Å². The molecule has 0 unspecified atom stereocenters. The highest BCUT2D eigenvalue weighted by molar-refractivity contribution is 6.45. The van der Waals surface area contributed by atoms with Crippen molar-refractivity contribution in [1.29, 1.82) is 0 Å². The van der Waals surface area contributed by atoms with E-state index in [1.807, 2.05) is 13.8 Å². The number of amides is 2. The van der Waals surface area contributed by atoms with Crippen molar-refractivity contribution in [3.05, 3.63) is 30.0 Å². The number of aromatic nitrogens is 1. The molecule has 0 bridgehead atoms. The number of carbonyl (C=O) groups excluding carboxylic acids is 3. The molecule has 1 heterocycles. The van der Waals surface area contributed by atoms with Crippen molar-refractivity contribution >= 4 is 28.5 Å². The van der Waals surface area contributed by atoms with Gasteiger partial charge < -0.3 is 19.9 Å². The number of aromatic amines is 1. The van der Waals surface area contributed by atoms with Crippen LogP contribution in [0.2, 0.25) is 0 Å². The SMILES string of the molecule is COc1ccc2c(C(=O)C(=O)N(CC(=O)NC(C)C)CC3CCCCC3)c[nH]c2c1. The van der Waals surface area contributed by atoms with Crippen molar-refractivity contribution in [2.75, 3.05) is 20.2 Å². The van der Waals surface area contributed by atoms with E-state index in [1.165, 1.54) is 11.3 Å². The maximum atomic E-state index is 13.2. The van der Waals surface area contributed by atoms with Crippen LogP contribution < -0.4 is 10.1 Å². The van der Waals surface area contributed by atoms with Crippen LogP contribution in [0.4, 0.5) is 0 Å². The zero-order valence-corrected chi connectivity index (χ0v) is 18.0. The molecule has 0 atom stereocenters. The van der Waals surface area contributed by atoms with Crippen molar-refractivity contribution in [1.82, 2.24) is 15.2 Å². The number of rotatable bonds is 8. The van der Waals surface area contributed by atoms with Crippen molar-refractivity contribution in [2.24, 2.45) is 5.92 Å². The van der Waals surface area contributed by atoms with Gasteiger partial charge in [-0.3, -0.25) is 14.4 Å². The summed E-state index contributed by atoms with van der Waals surface area (Å²) in [6, 6.07) is 5.28. The number of nitrogens with one attached hydrogen (secondary N) is 2. The van der Waals surface area contributed by atoms with Gasteiger partial charge in [-0.15, -0.1) is 0 Å². The molecule has 162 valence electrons. The van der Waals surface area contributed by atoms with E-state index in [1.54, 1.807) is 31.5 Å². The van der Waals surface area contributed by atoms with Crippen molar-refractivity contribution < 1.29 is 19.1 Å². The minimum absolute atomic E-state index is 0.0246. The van der Waals surface area contributed by atoms with Crippen LogP contribution in [-0.4, -0.2) is 53.7 Å². The van der Waals surface area contributed by atoms with Crippen LogP contribution in [0.1, 0.15) is 56.3 Å². The molecule has 0 radical (unpaired) electrons. The van der Waals surface area contributed by atoms with E-state index < -0.39 is 11.7 Å². The van der Waals surface area contributed by atoms with E-state index in [9.17, 15) is 14.4 Å². The third kappa shape index (κ3) is 5.20. The van der Waals surface area contributed by atoms with Gasteiger partial charge in [0.25, 0.3) is 11.7 Å². The molecule has 0 saturated heterocycles. The second kappa shape index (κ2) is 9.78. The Kier molecular flexibility index (Phi) is 7.13. The van der Waals surface area contributed by atoms with E-state index >= 15 is 0 Å². The number of hydrogen-bond acceptors (Lipinski definition) is 4. The van der Waals surface area contributed by atoms with Crippen LogP contribution in [0.15, 0.2) is 24.4 Å². The molecule has 0 spiro atoms. The highest BCUT2D eigenvalue weighted by Crippen LogP contribution is 2.26. The van der Waals surface area contributed by atoms with Crippen LogP contribution in [0.3, 0.4) is 0 Å². The number of H-pyrrole nitrogens is 1. The molecule has 3 rings (SSSR count). The number of nitrogens with zero attached hydrogens (tertiary/aromatic N) is 1. The van der Waals surface area contributed by atoms with Gasteiger partial charge in [0.05, 0.1) is 19.2 Å². The molecule has 30 heavy (non-hydrogen) atoms. The Morgan fingerprint density at radius 1 is 1.20 bits per heavy atom. The lowest BCUT2D eigenvalue weighted by molar-refractivity contribution is -0.133. The maximum absolute atomic E-state index is 13.2. The fourth-order valence-corrected chi connectivity index (χ4v) is 4.12. The number of carbonyl (C=O) groups is 3. The van der Waals surface area contributed by atoms with Crippen LogP contribution in [0.5, 0.6) is 5.75 Å². The number of benzene rings is 1. The molecule has 1 fully saturated rings. The lowest BCUT2D eigenvalue weighted by Crippen LogP contribution is -2.47. The maximum Gasteiger partial charge on any atom is 0.295 e. The molecule has 2 amide bonds. The van der Waals surface area contributed by atoms with Gasteiger partial charge in [-0.2, -0.15) is 0 Å². The average Bonchev–Trinajstić information content (AvgIpc) is 3.15. The summed E-state index contributed by atoms with van der Waals surface area (Å²) in [7, 11) is 1.57. The minimum atomic E-state index is -0.629. The molecule has 1 aliphatic rings. The number of methoxy groups -OCH3 is 1. The summed E-state index contributed by atoms with van der Waals surface area (Å²) in [5.74, 6) is -0.477. The average molecular weight is 414 g/mol. The highest BCUT2D eigenvalue weighted by atomic mass is 16.5. The summed E-state index contributed by atoms with van der Waals surface area (Å²) in [6.45, 7) is 4.08. The normalized spacial score (nSPS) is 14.7. The standard InChI is InChI=1S/C23H31N3O4/c1-15(2)25-21(27)14-26(13-16-7-5-4-6-8-16)23(29)22(28)19-12-24-20-11-17(30-3)9-10-18(19)20/h9-12,15-16,24H,4-8,13-14H2,1-3H3,(H,25,27). The van der Waals surface area contributed by atoms with Gasteiger partial charge in [-0.25, -0.2) is 0 Å². The first-order valence-electron chi connectivity index (χ1n) is 10.7. The molecule has 7 heteroatoms. The largest absolute Gasteiger partial charge is 0.497 e. The van der Waals surface area contributed by atoms with Crippen molar-refractivity contribution in [3.8, 4) is 5.75 Å². The summed E-state index contributed by atoms with van der Waals surface area (Å²) in [5.41, 5.74) is 1.04. The first-order chi connectivity index (χ1) is 14.4. The van der Waals surface area contributed by atoms with Crippen LogP contribution in [0.25, 0.3) is 10.9 Å². The Balaban J connectivity index is 1.81. The first kappa shape index (κ1) is 21.9. The lowest BCUT2D eigenvalue weighted by atomic mass is 9.89. The van der Waals surface area contributed by atoms with Gasteiger partial charge in [0.2, 0.25) is 5.91 Å². The predicted molar refractivity (Wildman–Crippen MR) is 116 cm³/mol. The third-order valence-corrected chi connectivity index (χ3v) is 5.60. The molecule has 1 aliphatic carbocycles. The van der Waals surface area contributed by atoms with Crippen LogP contribution in [-0.2, 0) is 9.59 Å². The number of ether oxygens (including phenoxy) is 1. The van der Waals surface area contributed by atoms with Gasteiger partial charge in [0.15, 0.2) is 0 Å². The molecule has 2 aromatic rings. The van der Waals surface area contributed by atoms with E-state index in [0.717, 1.165) is 31.2 Å². The summed E-state index contributed by atoms with van der Waals surface area (Å²) in [4.78, 5) is 43.1. The smallest absolute Gasteiger partial charge is 0.295 e. The minimum Gasteiger partial charge on any atom is -0.497 e. The number of fused-ring (bicyclic) bond motifs is 1. The number of ketones is 1. The van der Waals surface area contributed by atoms with Gasteiger partial charge in [-0.1, -0.05) is 19.3 Å². The molecule has 7 nitrogen and oxygen atoms in total. The van der Waals surface area contributed by atoms with E-state index in [0.29, 0.717) is 29.2 Å². The van der Waals surface area contributed by atoms with Crippen LogP contribution in [0, 0.1) is 5.92 Å². The zero-order valence-electron chi connectivity index (χ0n) is 18.0. The van der Waals surface area contributed by atoms with E-state index in [2.05, 4.69) is 10.3 Å². The molecule has 2 N–H and O–H groups in total. The Labute approximate surface area is 177 Å². The number of Topliss-reactive ketones (excluding diaryl/α,β-unsaturated/α-hetero) is 1. The highest BCUT2D eigenvalue weighted by Gasteiger charge is 2.29. The summed E-state index contributed by atoms with van der Waals surface area (Å²) in [5, 5.41) is 3.48. The van der Waals surface area contributed by atoms with Gasteiger partial charge >= 0.3 is 0 Å². The molecule has 1 aromatic carbocycles. The first-order valence-corrected chi connectivity index (χ1v) is 10.7.